The molecule has 2 unspecified atom stereocenters. The maximum Gasteiger partial charge on any atom is 0.183 e. The lowest BCUT2D eigenvalue weighted by Gasteiger charge is -2.30. The highest BCUT2D eigenvalue weighted by Crippen LogP contribution is 2.22. The summed E-state index contributed by atoms with van der Waals surface area (Å²) in [5.41, 5.74) is 3.00. The molecule has 6 nitrogen and oxygen atoms in total. The van der Waals surface area contributed by atoms with E-state index in [1.54, 1.807) is 5.38 Å². The van der Waals surface area contributed by atoms with Crippen LogP contribution in [-0.4, -0.2) is 65.7 Å². The predicted molar refractivity (Wildman–Crippen MR) is 137 cm³/mol. The minimum absolute atomic E-state index is 0.0229. The van der Waals surface area contributed by atoms with Crippen LogP contribution >= 0.6 is 22.9 Å². The fourth-order valence-electron chi connectivity index (χ4n) is 3.70. The summed E-state index contributed by atoms with van der Waals surface area (Å²) in [6.07, 6.45) is 0.937. The normalized spacial score (nSPS) is 13.2. The number of aliphatic hydroxyl groups is 2. The molecular formula is C26H33ClN2O4S. The van der Waals surface area contributed by atoms with Gasteiger partial charge in [-0.05, 0) is 43.0 Å². The Morgan fingerprint density at radius 1 is 1.03 bits per heavy atom. The van der Waals surface area contributed by atoms with E-state index in [2.05, 4.69) is 41.1 Å². The number of ether oxygens (including phenoxy) is 2. The highest BCUT2D eigenvalue weighted by molar-refractivity contribution is 7.13. The number of benzene rings is 2. The largest absolute Gasteiger partial charge is 0.491 e. The maximum atomic E-state index is 10.5. The van der Waals surface area contributed by atoms with Gasteiger partial charge in [0.15, 0.2) is 4.47 Å². The fourth-order valence-corrected chi connectivity index (χ4v) is 4.52. The first-order valence-corrected chi connectivity index (χ1v) is 12.8. The van der Waals surface area contributed by atoms with Gasteiger partial charge in [0, 0.05) is 24.5 Å². The average molecular weight is 505 g/mol. The summed E-state index contributed by atoms with van der Waals surface area (Å²) in [7, 11) is 0. The van der Waals surface area contributed by atoms with Crippen molar-refractivity contribution in [3.63, 3.8) is 0 Å². The maximum absolute atomic E-state index is 10.5. The van der Waals surface area contributed by atoms with Crippen molar-refractivity contribution in [2.45, 2.75) is 31.9 Å². The van der Waals surface area contributed by atoms with Gasteiger partial charge in [0.2, 0.25) is 0 Å². The highest BCUT2D eigenvalue weighted by atomic mass is 35.5. The van der Waals surface area contributed by atoms with E-state index in [0.717, 1.165) is 24.2 Å². The van der Waals surface area contributed by atoms with Crippen LogP contribution in [0.15, 0.2) is 60.0 Å². The molecule has 0 aliphatic carbocycles. The molecule has 184 valence electrons. The molecule has 1 aromatic heterocycles. The number of aliphatic hydroxyl groups excluding tert-OH is 2. The lowest BCUT2D eigenvalue weighted by atomic mass is 10.0. The Labute approximate surface area is 210 Å². The summed E-state index contributed by atoms with van der Waals surface area (Å²) in [6.45, 7) is 4.71. The third-order valence-corrected chi connectivity index (χ3v) is 6.58. The number of aromatic nitrogens is 1. The first-order valence-electron chi connectivity index (χ1n) is 11.5. The van der Waals surface area contributed by atoms with E-state index in [4.69, 9.17) is 21.1 Å². The number of halogens is 1. The topological polar surface area (TPSA) is 75.1 Å². The summed E-state index contributed by atoms with van der Waals surface area (Å²) in [4.78, 5) is 6.22. The van der Waals surface area contributed by atoms with E-state index in [0.29, 0.717) is 43.1 Å². The Morgan fingerprint density at radius 3 is 2.47 bits per heavy atom. The first kappa shape index (κ1) is 26.6. The second kappa shape index (κ2) is 14.4. The van der Waals surface area contributed by atoms with Crippen molar-refractivity contribution in [1.29, 1.82) is 0 Å². The first-order chi connectivity index (χ1) is 16.5. The molecule has 2 aromatic carbocycles. The Morgan fingerprint density at radius 2 is 1.79 bits per heavy atom. The van der Waals surface area contributed by atoms with Crippen LogP contribution in [0.5, 0.6) is 5.75 Å². The van der Waals surface area contributed by atoms with Crippen LogP contribution in [0.4, 0.5) is 0 Å². The Hall–Kier alpha value is -2.00. The molecule has 0 bridgehead atoms. The molecule has 0 radical (unpaired) electrons. The molecule has 3 aromatic rings. The van der Waals surface area contributed by atoms with Crippen molar-refractivity contribution >= 4 is 22.9 Å². The third kappa shape index (κ3) is 8.98. The molecule has 1 heterocycles. The van der Waals surface area contributed by atoms with Gasteiger partial charge in [-0.3, -0.25) is 4.90 Å². The number of thiazole rings is 1. The number of hydrogen-bond donors (Lipinski definition) is 2. The number of nitrogens with zero attached hydrogens (tertiary/aromatic N) is 2. The van der Waals surface area contributed by atoms with Gasteiger partial charge in [-0.2, -0.15) is 0 Å². The van der Waals surface area contributed by atoms with Crippen molar-refractivity contribution in [2.24, 2.45) is 0 Å². The Bertz CT molecular complexity index is 955. The summed E-state index contributed by atoms with van der Waals surface area (Å²) in [6, 6.07) is 18.5. The van der Waals surface area contributed by atoms with Gasteiger partial charge in [0.1, 0.15) is 18.5 Å². The van der Waals surface area contributed by atoms with E-state index < -0.39 is 6.10 Å². The van der Waals surface area contributed by atoms with Gasteiger partial charge in [0.25, 0.3) is 0 Å². The van der Waals surface area contributed by atoms with Crippen LogP contribution in [0.3, 0.4) is 0 Å². The highest BCUT2D eigenvalue weighted by Gasteiger charge is 2.20. The molecule has 0 fully saturated rings. The van der Waals surface area contributed by atoms with E-state index in [1.807, 2.05) is 30.3 Å². The van der Waals surface area contributed by atoms with Crippen molar-refractivity contribution < 1.29 is 19.7 Å². The molecule has 8 heteroatoms. The lowest BCUT2D eigenvalue weighted by Crippen LogP contribution is -2.39. The van der Waals surface area contributed by atoms with Crippen LogP contribution in [-0.2, 0) is 17.6 Å². The lowest BCUT2D eigenvalue weighted by molar-refractivity contribution is 0.0753. The van der Waals surface area contributed by atoms with Crippen LogP contribution in [0.1, 0.15) is 29.8 Å². The molecule has 2 N–H and O–H groups in total. The third-order valence-electron chi connectivity index (χ3n) is 5.58. The molecule has 0 aliphatic rings. The van der Waals surface area contributed by atoms with Crippen molar-refractivity contribution in [2.75, 3.05) is 39.5 Å². The summed E-state index contributed by atoms with van der Waals surface area (Å²) in [5.74, 6) is 0.811. The van der Waals surface area contributed by atoms with Crippen LogP contribution in [0.2, 0.25) is 4.47 Å². The minimum atomic E-state index is -0.747. The van der Waals surface area contributed by atoms with Crippen molar-refractivity contribution in [3.8, 4) is 5.75 Å². The number of rotatable bonds is 15. The smallest absolute Gasteiger partial charge is 0.183 e. The SMILES string of the molecule is CC(Cc1ccc(OCCOCCc2ccccc2)cc1)N(CCO)CC(O)c1csc(Cl)n1. The molecule has 0 spiro atoms. The average Bonchev–Trinajstić information content (AvgIpc) is 3.29. The Kier molecular flexibility index (Phi) is 11.3. The zero-order valence-corrected chi connectivity index (χ0v) is 21.0. The molecule has 0 saturated heterocycles. The molecule has 2 atom stereocenters. The zero-order valence-electron chi connectivity index (χ0n) is 19.5. The quantitative estimate of drug-likeness (QED) is 0.299. The van der Waals surface area contributed by atoms with Crippen molar-refractivity contribution in [1.82, 2.24) is 9.88 Å². The monoisotopic (exact) mass is 504 g/mol. The zero-order chi connectivity index (χ0) is 24.2. The Balaban J connectivity index is 1.39. The second-order valence-corrected chi connectivity index (χ2v) is 9.59. The van der Waals surface area contributed by atoms with Gasteiger partial charge < -0.3 is 19.7 Å². The summed E-state index contributed by atoms with van der Waals surface area (Å²) >= 11 is 7.19. The molecular weight excluding hydrogens is 472 g/mol. The molecule has 0 aliphatic heterocycles. The van der Waals surface area contributed by atoms with Gasteiger partial charge in [0.05, 0.1) is 25.5 Å². The summed E-state index contributed by atoms with van der Waals surface area (Å²) < 4.78 is 11.9. The van der Waals surface area contributed by atoms with E-state index >= 15 is 0 Å². The van der Waals surface area contributed by atoms with Gasteiger partial charge in [-0.15, -0.1) is 11.3 Å². The van der Waals surface area contributed by atoms with Crippen LogP contribution in [0, 0.1) is 0 Å². The van der Waals surface area contributed by atoms with Gasteiger partial charge in [-0.25, -0.2) is 4.98 Å². The second-order valence-electron chi connectivity index (χ2n) is 8.15. The van der Waals surface area contributed by atoms with Crippen LogP contribution < -0.4 is 4.74 Å². The van der Waals surface area contributed by atoms with Gasteiger partial charge >= 0.3 is 0 Å². The molecule has 3 rings (SSSR count). The predicted octanol–water partition coefficient (Wildman–Crippen LogP) is 4.39. The van der Waals surface area contributed by atoms with Crippen molar-refractivity contribution in [3.05, 3.63) is 81.3 Å². The summed E-state index contributed by atoms with van der Waals surface area (Å²) in [5, 5.41) is 21.8. The molecule has 0 saturated carbocycles. The van der Waals surface area contributed by atoms with E-state index in [1.165, 1.54) is 16.9 Å². The number of hydrogen-bond acceptors (Lipinski definition) is 7. The fraction of sp³-hybridized carbons (Fsp3) is 0.423. The van der Waals surface area contributed by atoms with Crippen LogP contribution in [0.25, 0.3) is 0 Å². The minimum Gasteiger partial charge on any atom is -0.491 e. The van der Waals surface area contributed by atoms with E-state index in [9.17, 15) is 10.2 Å². The standard InChI is InChI=1S/C26H33ClN2O4S/c1-20(29(12-13-30)18-25(31)24-19-34-26(27)28-24)17-22-7-9-23(10-8-22)33-16-15-32-14-11-21-5-3-2-4-6-21/h2-10,19-20,25,30-31H,11-18H2,1H3. The molecule has 34 heavy (non-hydrogen) atoms. The molecule has 0 amide bonds. The van der Waals surface area contributed by atoms with E-state index in [-0.39, 0.29) is 12.6 Å². The van der Waals surface area contributed by atoms with Gasteiger partial charge in [-0.1, -0.05) is 54.1 Å².